The second-order valence-electron chi connectivity index (χ2n) is 6.76. The van der Waals surface area contributed by atoms with Crippen LogP contribution in [-0.2, 0) is 17.6 Å². The lowest BCUT2D eigenvalue weighted by atomic mass is 10.1. The van der Waals surface area contributed by atoms with E-state index in [2.05, 4.69) is 65.6 Å². The van der Waals surface area contributed by atoms with E-state index in [0.717, 1.165) is 47.4 Å². The van der Waals surface area contributed by atoms with Gasteiger partial charge in [-0.15, -0.1) is 11.3 Å². The van der Waals surface area contributed by atoms with Crippen molar-refractivity contribution in [1.82, 2.24) is 4.98 Å². The molecule has 0 aliphatic heterocycles. The Labute approximate surface area is 176 Å². The number of hydrogen-bond acceptors (Lipinski definition) is 5. The number of aromatic nitrogens is 1. The first-order valence-electron chi connectivity index (χ1n) is 10.1. The quantitative estimate of drug-likeness (QED) is 0.492. The fourth-order valence-corrected chi connectivity index (χ4v) is 3.84. The zero-order chi connectivity index (χ0) is 20.6. The Morgan fingerprint density at radius 2 is 1.62 bits per heavy atom. The molecule has 3 rings (SSSR count). The van der Waals surface area contributed by atoms with Gasteiger partial charge in [-0.2, -0.15) is 0 Å². The predicted molar refractivity (Wildman–Crippen MR) is 124 cm³/mol. The van der Waals surface area contributed by atoms with Gasteiger partial charge in [-0.1, -0.05) is 19.1 Å². The molecule has 0 unspecified atom stereocenters. The zero-order valence-electron chi connectivity index (χ0n) is 17.2. The van der Waals surface area contributed by atoms with Gasteiger partial charge in [-0.25, -0.2) is 4.98 Å². The molecule has 2 N–H and O–H groups in total. The van der Waals surface area contributed by atoms with E-state index in [1.165, 1.54) is 16.9 Å². The molecule has 29 heavy (non-hydrogen) atoms. The topological polar surface area (TPSA) is 57.3 Å². The van der Waals surface area contributed by atoms with E-state index in [1.54, 1.807) is 0 Å². The molecule has 152 valence electrons. The molecule has 1 aromatic heterocycles. The summed E-state index contributed by atoms with van der Waals surface area (Å²) in [4.78, 5) is 19.2. The van der Waals surface area contributed by atoms with Crippen LogP contribution in [-0.4, -0.2) is 24.0 Å². The van der Waals surface area contributed by atoms with Crippen LogP contribution in [0.15, 0.2) is 53.9 Å². The Bertz CT molecular complexity index is 915. The van der Waals surface area contributed by atoms with Crippen molar-refractivity contribution in [2.24, 2.45) is 0 Å². The maximum absolute atomic E-state index is 12.4. The third kappa shape index (κ3) is 5.81. The summed E-state index contributed by atoms with van der Waals surface area (Å²) in [6.07, 6.45) is 1.28. The third-order valence-corrected chi connectivity index (χ3v) is 5.59. The summed E-state index contributed by atoms with van der Waals surface area (Å²) in [5, 5.41) is 8.96. The Morgan fingerprint density at radius 1 is 0.966 bits per heavy atom. The molecule has 0 bridgehead atoms. The number of nitrogens with one attached hydrogen (secondary N) is 2. The molecule has 5 nitrogen and oxygen atoms in total. The van der Waals surface area contributed by atoms with Gasteiger partial charge in [-0.3, -0.25) is 4.79 Å². The second kappa shape index (κ2) is 10.1. The van der Waals surface area contributed by atoms with Crippen LogP contribution in [0, 0.1) is 0 Å². The fraction of sp³-hybridized carbons (Fsp3) is 0.304. The van der Waals surface area contributed by atoms with Crippen LogP contribution in [0.5, 0.6) is 0 Å². The first-order valence-corrected chi connectivity index (χ1v) is 10.9. The van der Waals surface area contributed by atoms with Crippen LogP contribution in [0.4, 0.5) is 22.2 Å². The van der Waals surface area contributed by atoms with Gasteiger partial charge in [0, 0.05) is 35.5 Å². The molecule has 0 aliphatic rings. The average Bonchev–Trinajstić information content (AvgIpc) is 3.17. The highest BCUT2D eigenvalue weighted by molar-refractivity contribution is 7.13. The number of rotatable bonds is 9. The van der Waals surface area contributed by atoms with Crippen LogP contribution in [0.1, 0.15) is 32.0 Å². The van der Waals surface area contributed by atoms with E-state index in [-0.39, 0.29) is 12.3 Å². The van der Waals surface area contributed by atoms with Crippen molar-refractivity contribution in [2.75, 3.05) is 28.6 Å². The van der Waals surface area contributed by atoms with E-state index in [4.69, 9.17) is 0 Å². The Morgan fingerprint density at radius 3 is 2.24 bits per heavy atom. The van der Waals surface area contributed by atoms with Gasteiger partial charge in [0.05, 0.1) is 12.1 Å². The Kier molecular flexibility index (Phi) is 7.25. The maximum Gasteiger partial charge on any atom is 0.230 e. The third-order valence-electron chi connectivity index (χ3n) is 4.79. The van der Waals surface area contributed by atoms with Crippen LogP contribution >= 0.6 is 11.3 Å². The molecule has 0 saturated heterocycles. The predicted octanol–water partition coefficient (Wildman–Crippen LogP) is 5.48. The molecule has 3 aromatic rings. The summed E-state index contributed by atoms with van der Waals surface area (Å²) in [5.74, 6) is -0.0651. The van der Waals surface area contributed by atoms with Crippen molar-refractivity contribution in [2.45, 2.75) is 33.6 Å². The number of benzene rings is 2. The summed E-state index contributed by atoms with van der Waals surface area (Å²) >= 11 is 1.51. The van der Waals surface area contributed by atoms with Crippen molar-refractivity contribution in [3.8, 4) is 0 Å². The molecule has 2 aromatic carbocycles. The first-order chi connectivity index (χ1) is 14.1. The van der Waals surface area contributed by atoms with Crippen LogP contribution in [0.3, 0.4) is 0 Å². The lowest BCUT2D eigenvalue weighted by molar-refractivity contribution is -0.115. The number of carbonyl (C=O) groups excluding carboxylic acids is 1. The Balaban J connectivity index is 1.54. The largest absolute Gasteiger partial charge is 0.372 e. The zero-order valence-corrected chi connectivity index (χ0v) is 18.1. The minimum absolute atomic E-state index is 0.0651. The molecule has 0 saturated carbocycles. The van der Waals surface area contributed by atoms with Gasteiger partial charge in [0.2, 0.25) is 5.91 Å². The monoisotopic (exact) mass is 408 g/mol. The van der Waals surface area contributed by atoms with Crippen LogP contribution in [0.25, 0.3) is 0 Å². The van der Waals surface area contributed by atoms with E-state index in [9.17, 15) is 4.79 Å². The van der Waals surface area contributed by atoms with Crippen molar-refractivity contribution >= 4 is 39.4 Å². The molecule has 0 aliphatic carbocycles. The normalized spacial score (nSPS) is 10.6. The maximum atomic E-state index is 12.4. The molecule has 0 atom stereocenters. The van der Waals surface area contributed by atoms with Gasteiger partial charge in [-0.05, 0) is 62.2 Å². The van der Waals surface area contributed by atoms with Crippen molar-refractivity contribution < 1.29 is 4.79 Å². The summed E-state index contributed by atoms with van der Waals surface area (Å²) in [6, 6.07) is 16.3. The minimum atomic E-state index is -0.0651. The average molecular weight is 409 g/mol. The lowest BCUT2D eigenvalue weighted by Gasteiger charge is -2.21. The fourth-order valence-electron chi connectivity index (χ4n) is 3.11. The van der Waals surface area contributed by atoms with E-state index in [0.29, 0.717) is 0 Å². The number of hydrogen-bond donors (Lipinski definition) is 2. The van der Waals surface area contributed by atoms with Gasteiger partial charge in [0.15, 0.2) is 5.13 Å². The van der Waals surface area contributed by atoms with E-state index >= 15 is 0 Å². The SMILES string of the molecule is CCc1ccc(Nc2nc(CC(=O)Nc3ccc(N(CC)CC)cc3)cs2)cc1. The number of carbonyl (C=O) groups is 1. The Hall–Kier alpha value is -2.86. The minimum Gasteiger partial charge on any atom is -0.372 e. The van der Waals surface area contributed by atoms with Gasteiger partial charge in [0.25, 0.3) is 0 Å². The lowest BCUT2D eigenvalue weighted by Crippen LogP contribution is -2.21. The number of aryl methyl sites for hydroxylation is 1. The van der Waals surface area contributed by atoms with Gasteiger partial charge >= 0.3 is 0 Å². The van der Waals surface area contributed by atoms with Gasteiger partial charge < -0.3 is 15.5 Å². The highest BCUT2D eigenvalue weighted by Gasteiger charge is 2.09. The summed E-state index contributed by atoms with van der Waals surface area (Å²) in [6.45, 7) is 8.34. The highest BCUT2D eigenvalue weighted by Crippen LogP contribution is 2.22. The highest BCUT2D eigenvalue weighted by atomic mass is 32.1. The number of nitrogens with zero attached hydrogens (tertiary/aromatic N) is 2. The molecule has 6 heteroatoms. The van der Waals surface area contributed by atoms with Crippen molar-refractivity contribution in [3.05, 3.63) is 65.2 Å². The summed E-state index contributed by atoms with van der Waals surface area (Å²) in [5.41, 5.74) is 5.03. The molecule has 0 fully saturated rings. The van der Waals surface area contributed by atoms with Crippen LogP contribution in [0.2, 0.25) is 0 Å². The number of amides is 1. The smallest absolute Gasteiger partial charge is 0.230 e. The number of anilines is 4. The van der Waals surface area contributed by atoms with Crippen molar-refractivity contribution in [1.29, 1.82) is 0 Å². The standard InChI is InChI=1S/C23H28N4OS/c1-4-17-7-9-19(10-8-17)25-23-26-20(16-29-23)15-22(28)24-18-11-13-21(14-12-18)27(5-2)6-3/h7-14,16H,4-6,15H2,1-3H3,(H,24,28)(H,25,26). The van der Waals surface area contributed by atoms with E-state index < -0.39 is 0 Å². The second-order valence-corrected chi connectivity index (χ2v) is 7.62. The first kappa shape index (κ1) is 20.9. The molecular formula is C23H28N4OS. The van der Waals surface area contributed by atoms with Gasteiger partial charge in [0.1, 0.15) is 0 Å². The van der Waals surface area contributed by atoms with E-state index in [1.807, 2.05) is 29.6 Å². The molecule has 0 spiro atoms. The molecule has 1 heterocycles. The summed E-state index contributed by atoms with van der Waals surface area (Å²) < 4.78 is 0. The molecule has 1 amide bonds. The summed E-state index contributed by atoms with van der Waals surface area (Å²) in [7, 11) is 0. The number of thiazole rings is 1. The van der Waals surface area contributed by atoms with Crippen LogP contribution < -0.4 is 15.5 Å². The molecule has 0 radical (unpaired) electrons. The van der Waals surface area contributed by atoms with Crippen molar-refractivity contribution in [3.63, 3.8) is 0 Å². The molecular weight excluding hydrogens is 380 g/mol.